The minimum Gasteiger partial charge on any atom is -0.482 e. The highest BCUT2D eigenvalue weighted by atomic mass is 19.4. The van der Waals surface area contributed by atoms with Crippen molar-refractivity contribution in [2.45, 2.75) is 6.18 Å². The van der Waals surface area contributed by atoms with Crippen molar-refractivity contribution in [1.29, 1.82) is 0 Å². The van der Waals surface area contributed by atoms with E-state index in [0.717, 1.165) is 0 Å². The topological polar surface area (TPSA) is 55.0 Å². The first-order valence-corrected chi connectivity index (χ1v) is 4.62. The SMILES string of the molecule is O=Cc1cc2nccc(OCC(F)(F)F)c2[nH]1. The smallest absolute Gasteiger partial charge is 0.422 e. The molecule has 2 rings (SSSR count). The maximum absolute atomic E-state index is 12.0. The minimum atomic E-state index is -4.41. The zero-order chi connectivity index (χ0) is 12.5. The van der Waals surface area contributed by atoms with Gasteiger partial charge < -0.3 is 9.72 Å². The predicted octanol–water partition coefficient (Wildman–Crippen LogP) is 2.32. The second-order valence-corrected chi connectivity index (χ2v) is 3.32. The number of pyridine rings is 1. The van der Waals surface area contributed by atoms with Crippen LogP contribution in [0.5, 0.6) is 5.75 Å². The average Bonchev–Trinajstić information content (AvgIpc) is 2.68. The van der Waals surface area contributed by atoms with E-state index < -0.39 is 12.8 Å². The molecule has 0 amide bonds. The quantitative estimate of drug-likeness (QED) is 0.843. The summed E-state index contributed by atoms with van der Waals surface area (Å²) in [6.45, 7) is -1.39. The summed E-state index contributed by atoms with van der Waals surface area (Å²) in [5.41, 5.74) is 0.890. The van der Waals surface area contributed by atoms with Gasteiger partial charge in [0.25, 0.3) is 0 Å². The summed E-state index contributed by atoms with van der Waals surface area (Å²) in [7, 11) is 0. The Kier molecular flexibility index (Phi) is 2.74. The Morgan fingerprint density at radius 1 is 1.47 bits per heavy atom. The lowest BCUT2D eigenvalue weighted by atomic mass is 10.3. The van der Waals surface area contributed by atoms with Crippen LogP contribution < -0.4 is 4.74 Å². The molecule has 0 spiro atoms. The van der Waals surface area contributed by atoms with Crippen LogP contribution in [0.15, 0.2) is 18.3 Å². The normalized spacial score (nSPS) is 11.7. The number of fused-ring (bicyclic) bond motifs is 1. The molecule has 0 saturated heterocycles. The first-order valence-electron chi connectivity index (χ1n) is 4.62. The van der Waals surface area contributed by atoms with Crippen molar-refractivity contribution in [3.63, 3.8) is 0 Å². The molecule has 7 heteroatoms. The van der Waals surface area contributed by atoms with Gasteiger partial charge in [0.1, 0.15) is 11.3 Å². The summed E-state index contributed by atoms with van der Waals surface area (Å²) in [4.78, 5) is 17.1. The fourth-order valence-electron chi connectivity index (χ4n) is 1.37. The van der Waals surface area contributed by atoms with Gasteiger partial charge in [0, 0.05) is 12.3 Å². The summed E-state index contributed by atoms with van der Waals surface area (Å²) < 4.78 is 40.6. The summed E-state index contributed by atoms with van der Waals surface area (Å²) in [5.74, 6) is 0.0143. The van der Waals surface area contributed by atoms with Crippen LogP contribution in [0, 0.1) is 0 Å². The standard InChI is InChI=1S/C10H7F3N2O2/c11-10(12,13)5-17-8-1-2-14-7-3-6(4-16)15-9(7)8/h1-4,15H,5H2. The van der Waals surface area contributed by atoms with E-state index in [0.29, 0.717) is 11.8 Å². The monoisotopic (exact) mass is 244 g/mol. The number of nitrogens with zero attached hydrogens (tertiary/aromatic N) is 1. The Morgan fingerprint density at radius 2 is 2.24 bits per heavy atom. The van der Waals surface area contributed by atoms with E-state index >= 15 is 0 Å². The first-order chi connectivity index (χ1) is 7.99. The zero-order valence-corrected chi connectivity index (χ0v) is 8.41. The molecule has 1 N–H and O–H groups in total. The van der Waals surface area contributed by atoms with Crippen molar-refractivity contribution in [2.24, 2.45) is 0 Å². The number of H-pyrrole nitrogens is 1. The molecule has 0 radical (unpaired) electrons. The van der Waals surface area contributed by atoms with Gasteiger partial charge in [-0.05, 0) is 6.07 Å². The largest absolute Gasteiger partial charge is 0.482 e. The number of aromatic nitrogens is 2. The Labute approximate surface area is 93.4 Å². The molecule has 0 aromatic carbocycles. The number of halogens is 3. The zero-order valence-electron chi connectivity index (χ0n) is 8.41. The first kappa shape index (κ1) is 11.4. The third-order valence-electron chi connectivity index (χ3n) is 2.02. The van der Waals surface area contributed by atoms with Gasteiger partial charge in [-0.3, -0.25) is 9.78 Å². The van der Waals surface area contributed by atoms with Crippen molar-refractivity contribution in [3.05, 3.63) is 24.0 Å². The molecule has 4 nitrogen and oxygen atoms in total. The third kappa shape index (κ3) is 2.55. The van der Waals surface area contributed by atoms with E-state index in [9.17, 15) is 18.0 Å². The minimum absolute atomic E-state index is 0.0143. The second-order valence-electron chi connectivity index (χ2n) is 3.32. The molecule has 0 aliphatic carbocycles. The van der Waals surface area contributed by atoms with Crippen LogP contribution in [0.25, 0.3) is 11.0 Å². The average molecular weight is 244 g/mol. The van der Waals surface area contributed by atoms with Gasteiger partial charge in [-0.1, -0.05) is 0 Å². The Hall–Kier alpha value is -2.05. The molecule has 0 aliphatic rings. The van der Waals surface area contributed by atoms with Crippen LogP contribution >= 0.6 is 0 Å². The van der Waals surface area contributed by atoms with Crippen molar-refractivity contribution in [1.82, 2.24) is 9.97 Å². The molecule has 0 unspecified atom stereocenters. The lowest BCUT2D eigenvalue weighted by molar-refractivity contribution is -0.153. The number of hydrogen-bond donors (Lipinski definition) is 1. The van der Waals surface area contributed by atoms with Crippen LogP contribution in [0.1, 0.15) is 10.5 Å². The van der Waals surface area contributed by atoms with E-state index in [1.807, 2.05) is 0 Å². The van der Waals surface area contributed by atoms with Gasteiger partial charge in [0.05, 0.1) is 11.2 Å². The highest BCUT2D eigenvalue weighted by molar-refractivity contribution is 5.88. The van der Waals surface area contributed by atoms with Crippen LogP contribution in [0.4, 0.5) is 13.2 Å². The fourth-order valence-corrected chi connectivity index (χ4v) is 1.37. The fraction of sp³-hybridized carbons (Fsp3) is 0.200. The molecule has 90 valence electrons. The van der Waals surface area contributed by atoms with E-state index in [2.05, 4.69) is 14.7 Å². The summed E-state index contributed by atoms with van der Waals surface area (Å²) >= 11 is 0. The summed E-state index contributed by atoms with van der Waals surface area (Å²) in [6, 6.07) is 2.74. The van der Waals surface area contributed by atoms with Crippen LogP contribution in [-0.4, -0.2) is 29.0 Å². The van der Waals surface area contributed by atoms with Crippen LogP contribution in [0.3, 0.4) is 0 Å². The summed E-state index contributed by atoms with van der Waals surface area (Å²) in [6.07, 6.45) is -2.54. The third-order valence-corrected chi connectivity index (χ3v) is 2.02. The molecule has 2 aromatic heterocycles. The van der Waals surface area contributed by atoms with Crippen molar-refractivity contribution in [3.8, 4) is 5.75 Å². The molecule has 0 saturated carbocycles. The van der Waals surface area contributed by atoms with Crippen LogP contribution in [-0.2, 0) is 0 Å². The molecular formula is C10H7F3N2O2. The lowest BCUT2D eigenvalue weighted by Gasteiger charge is -2.09. The number of aldehydes is 1. The maximum atomic E-state index is 12.0. The molecule has 0 bridgehead atoms. The van der Waals surface area contributed by atoms with Crippen molar-refractivity contribution in [2.75, 3.05) is 6.61 Å². The molecular weight excluding hydrogens is 237 g/mol. The molecule has 0 fully saturated rings. The lowest BCUT2D eigenvalue weighted by Crippen LogP contribution is -2.19. The number of nitrogens with one attached hydrogen (secondary N) is 1. The Balaban J connectivity index is 2.33. The number of aromatic amines is 1. The van der Waals surface area contributed by atoms with E-state index in [-0.39, 0.29) is 17.0 Å². The number of carbonyl (C=O) groups is 1. The van der Waals surface area contributed by atoms with Gasteiger partial charge in [-0.25, -0.2) is 0 Å². The van der Waals surface area contributed by atoms with Crippen LogP contribution in [0.2, 0.25) is 0 Å². The van der Waals surface area contributed by atoms with E-state index in [1.165, 1.54) is 18.3 Å². The molecule has 0 atom stereocenters. The predicted molar refractivity (Wildman–Crippen MR) is 53.0 cm³/mol. The van der Waals surface area contributed by atoms with Gasteiger partial charge in [0.2, 0.25) is 0 Å². The maximum Gasteiger partial charge on any atom is 0.422 e. The van der Waals surface area contributed by atoms with Crippen molar-refractivity contribution < 1.29 is 22.7 Å². The van der Waals surface area contributed by atoms with Gasteiger partial charge in [-0.15, -0.1) is 0 Å². The highest BCUT2D eigenvalue weighted by Gasteiger charge is 2.28. The van der Waals surface area contributed by atoms with E-state index in [1.54, 1.807) is 0 Å². The number of ether oxygens (including phenoxy) is 1. The second kappa shape index (κ2) is 4.08. The molecule has 2 aromatic rings. The number of alkyl halides is 3. The van der Waals surface area contributed by atoms with Gasteiger partial charge in [0.15, 0.2) is 12.9 Å². The van der Waals surface area contributed by atoms with E-state index in [4.69, 9.17) is 0 Å². The number of hydrogen-bond acceptors (Lipinski definition) is 3. The van der Waals surface area contributed by atoms with Gasteiger partial charge in [-0.2, -0.15) is 13.2 Å². The Morgan fingerprint density at radius 3 is 2.88 bits per heavy atom. The summed E-state index contributed by atoms with van der Waals surface area (Å²) in [5, 5.41) is 0. The van der Waals surface area contributed by atoms with Crippen molar-refractivity contribution >= 4 is 17.3 Å². The molecule has 17 heavy (non-hydrogen) atoms. The molecule has 2 heterocycles. The van der Waals surface area contributed by atoms with Gasteiger partial charge >= 0.3 is 6.18 Å². The number of rotatable bonds is 3. The highest BCUT2D eigenvalue weighted by Crippen LogP contribution is 2.25. The Bertz CT molecular complexity index is 548. The number of carbonyl (C=O) groups excluding carboxylic acids is 1. The molecule has 0 aliphatic heterocycles.